The largest absolute Gasteiger partial charge is 0.481 e. The van der Waals surface area contributed by atoms with Crippen molar-refractivity contribution < 1.29 is 23.1 Å². The maximum absolute atomic E-state index is 12.3. The molecule has 0 spiro atoms. The van der Waals surface area contributed by atoms with Crippen LogP contribution in [-0.2, 0) is 11.3 Å². The van der Waals surface area contributed by atoms with Gasteiger partial charge in [0.05, 0.1) is 0 Å². The van der Waals surface area contributed by atoms with Crippen molar-refractivity contribution in [2.24, 2.45) is 5.92 Å². The molecule has 1 aromatic rings. The van der Waals surface area contributed by atoms with Gasteiger partial charge in [-0.1, -0.05) is 23.7 Å². The average Bonchev–Trinajstić information content (AvgIpc) is 2.22. The molecule has 18 heavy (non-hydrogen) atoms. The number of benzene rings is 1. The van der Waals surface area contributed by atoms with E-state index >= 15 is 0 Å². The zero-order chi connectivity index (χ0) is 13.8. The molecule has 2 N–H and O–H groups in total. The SMILES string of the molecule is O=C(O)C(CNCc1cccc(Cl)c1)C(F)(F)F. The summed E-state index contributed by atoms with van der Waals surface area (Å²) in [6, 6.07) is 6.58. The van der Waals surface area contributed by atoms with Gasteiger partial charge in [-0.2, -0.15) is 13.2 Å². The van der Waals surface area contributed by atoms with Gasteiger partial charge < -0.3 is 10.4 Å². The highest BCUT2D eigenvalue weighted by Crippen LogP contribution is 2.25. The highest BCUT2D eigenvalue weighted by Gasteiger charge is 2.44. The quantitative estimate of drug-likeness (QED) is 0.872. The normalized spacial score (nSPS) is 13.3. The van der Waals surface area contributed by atoms with E-state index in [2.05, 4.69) is 5.32 Å². The van der Waals surface area contributed by atoms with E-state index in [0.717, 1.165) is 0 Å². The van der Waals surface area contributed by atoms with Gasteiger partial charge in [0, 0.05) is 18.1 Å². The number of halogens is 4. The van der Waals surface area contributed by atoms with Gasteiger partial charge in [0.15, 0.2) is 5.92 Å². The van der Waals surface area contributed by atoms with Gasteiger partial charge in [0.25, 0.3) is 0 Å². The van der Waals surface area contributed by atoms with Crippen LogP contribution in [0.2, 0.25) is 5.02 Å². The molecule has 0 saturated heterocycles. The second-order valence-corrected chi connectivity index (χ2v) is 4.13. The van der Waals surface area contributed by atoms with Gasteiger partial charge in [-0.05, 0) is 17.7 Å². The van der Waals surface area contributed by atoms with E-state index in [0.29, 0.717) is 10.6 Å². The third-order valence-electron chi connectivity index (χ3n) is 2.26. The standard InChI is InChI=1S/C11H11ClF3NO2/c12-8-3-1-2-7(4-8)5-16-6-9(10(17)18)11(13,14)15/h1-4,9,16H,5-6H2,(H,17,18). The highest BCUT2D eigenvalue weighted by atomic mass is 35.5. The van der Waals surface area contributed by atoms with Crippen molar-refractivity contribution in [1.82, 2.24) is 5.32 Å². The summed E-state index contributed by atoms with van der Waals surface area (Å²) in [5.41, 5.74) is 0.689. The maximum atomic E-state index is 12.3. The molecule has 0 amide bonds. The Kier molecular flexibility index (Phi) is 4.98. The summed E-state index contributed by atoms with van der Waals surface area (Å²) in [6.07, 6.45) is -4.76. The van der Waals surface area contributed by atoms with Crippen molar-refractivity contribution in [1.29, 1.82) is 0 Å². The van der Waals surface area contributed by atoms with Gasteiger partial charge in [0.1, 0.15) is 0 Å². The number of carboxylic acid groups (broad SMARTS) is 1. The summed E-state index contributed by atoms with van der Waals surface area (Å²) in [6.45, 7) is -0.550. The van der Waals surface area contributed by atoms with Crippen molar-refractivity contribution >= 4 is 17.6 Å². The Hall–Kier alpha value is -1.27. The van der Waals surface area contributed by atoms with Crippen molar-refractivity contribution in [2.75, 3.05) is 6.54 Å². The second kappa shape index (κ2) is 6.06. The van der Waals surface area contributed by atoms with Crippen LogP contribution >= 0.6 is 11.6 Å². The van der Waals surface area contributed by atoms with E-state index in [1.54, 1.807) is 24.3 Å². The molecule has 0 aromatic heterocycles. The van der Waals surface area contributed by atoms with Crippen molar-refractivity contribution in [3.8, 4) is 0 Å². The van der Waals surface area contributed by atoms with Crippen LogP contribution in [0.4, 0.5) is 13.2 Å². The number of hydrogen-bond acceptors (Lipinski definition) is 2. The average molecular weight is 282 g/mol. The monoisotopic (exact) mass is 281 g/mol. The third-order valence-corrected chi connectivity index (χ3v) is 2.49. The molecule has 100 valence electrons. The first kappa shape index (κ1) is 14.8. The van der Waals surface area contributed by atoms with E-state index in [9.17, 15) is 18.0 Å². The summed E-state index contributed by atoms with van der Waals surface area (Å²) in [5, 5.41) is 11.4. The molecule has 1 atom stereocenters. The molecule has 0 fully saturated rings. The Balaban J connectivity index is 2.52. The van der Waals surface area contributed by atoms with Gasteiger partial charge in [-0.25, -0.2) is 0 Å². The number of rotatable bonds is 5. The Morgan fingerprint density at radius 3 is 2.61 bits per heavy atom. The number of nitrogens with one attached hydrogen (secondary N) is 1. The zero-order valence-electron chi connectivity index (χ0n) is 9.17. The molecule has 0 aliphatic heterocycles. The molecule has 1 rings (SSSR count). The number of alkyl halides is 3. The lowest BCUT2D eigenvalue weighted by Crippen LogP contribution is -2.38. The van der Waals surface area contributed by atoms with E-state index < -0.39 is 24.6 Å². The third kappa shape index (κ3) is 4.54. The minimum absolute atomic E-state index is 0.125. The minimum atomic E-state index is -4.76. The highest BCUT2D eigenvalue weighted by molar-refractivity contribution is 6.30. The number of carbonyl (C=O) groups is 1. The summed E-state index contributed by atoms with van der Waals surface area (Å²) < 4.78 is 37.0. The van der Waals surface area contributed by atoms with Crippen molar-refractivity contribution in [3.63, 3.8) is 0 Å². The molecule has 0 aliphatic carbocycles. The molecular formula is C11H11ClF3NO2. The Bertz CT molecular complexity index is 423. The summed E-state index contributed by atoms with van der Waals surface area (Å²) in [4.78, 5) is 10.5. The zero-order valence-corrected chi connectivity index (χ0v) is 9.92. The van der Waals surface area contributed by atoms with Crippen molar-refractivity contribution in [2.45, 2.75) is 12.7 Å². The van der Waals surface area contributed by atoms with Crippen LogP contribution in [0.3, 0.4) is 0 Å². The van der Waals surface area contributed by atoms with Gasteiger partial charge in [-0.3, -0.25) is 4.79 Å². The topological polar surface area (TPSA) is 49.3 Å². The second-order valence-electron chi connectivity index (χ2n) is 3.69. The summed E-state index contributed by atoms with van der Waals surface area (Å²) in [7, 11) is 0. The molecule has 0 bridgehead atoms. The first-order valence-corrected chi connectivity index (χ1v) is 5.43. The summed E-state index contributed by atoms with van der Waals surface area (Å²) >= 11 is 5.71. The van der Waals surface area contributed by atoms with E-state index in [-0.39, 0.29) is 6.54 Å². The van der Waals surface area contributed by atoms with Crippen LogP contribution in [0.1, 0.15) is 5.56 Å². The smallest absolute Gasteiger partial charge is 0.403 e. The predicted molar refractivity (Wildman–Crippen MR) is 60.3 cm³/mol. The molecule has 0 radical (unpaired) electrons. The molecule has 7 heteroatoms. The maximum Gasteiger partial charge on any atom is 0.403 e. The van der Waals surface area contributed by atoms with Crippen LogP contribution in [0, 0.1) is 5.92 Å². The van der Waals surface area contributed by atoms with E-state index in [4.69, 9.17) is 16.7 Å². The first-order chi connectivity index (χ1) is 8.30. The molecule has 3 nitrogen and oxygen atoms in total. The Morgan fingerprint density at radius 2 is 2.11 bits per heavy atom. The number of carboxylic acids is 1. The molecule has 0 heterocycles. The van der Waals surface area contributed by atoms with Gasteiger partial charge >= 0.3 is 12.1 Å². The fourth-order valence-electron chi connectivity index (χ4n) is 1.35. The molecule has 1 aromatic carbocycles. The molecule has 0 saturated carbocycles. The fraction of sp³-hybridized carbons (Fsp3) is 0.364. The lowest BCUT2D eigenvalue weighted by Gasteiger charge is -2.16. The van der Waals surface area contributed by atoms with E-state index in [1.165, 1.54) is 0 Å². The van der Waals surface area contributed by atoms with Crippen molar-refractivity contribution in [3.05, 3.63) is 34.9 Å². The first-order valence-electron chi connectivity index (χ1n) is 5.05. The lowest BCUT2D eigenvalue weighted by molar-refractivity contribution is -0.192. The Labute approximate surface area is 107 Å². The summed E-state index contributed by atoms with van der Waals surface area (Å²) in [5.74, 6) is -4.29. The Morgan fingerprint density at radius 1 is 1.44 bits per heavy atom. The predicted octanol–water partition coefficient (Wildman–Crippen LogP) is 2.69. The van der Waals surface area contributed by atoms with Gasteiger partial charge in [0.2, 0.25) is 0 Å². The minimum Gasteiger partial charge on any atom is -0.481 e. The fourth-order valence-corrected chi connectivity index (χ4v) is 1.56. The molecular weight excluding hydrogens is 271 g/mol. The van der Waals surface area contributed by atoms with Crippen LogP contribution in [0.5, 0.6) is 0 Å². The van der Waals surface area contributed by atoms with Crippen LogP contribution in [-0.4, -0.2) is 23.8 Å². The van der Waals surface area contributed by atoms with E-state index in [1.807, 2.05) is 0 Å². The number of hydrogen-bond donors (Lipinski definition) is 2. The molecule has 0 aliphatic rings. The number of aliphatic carboxylic acids is 1. The molecule has 1 unspecified atom stereocenters. The van der Waals surface area contributed by atoms with Crippen LogP contribution in [0.15, 0.2) is 24.3 Å². The lowest BCUT2D eigenvalue weighted by atomic mass is 10.1. The van der Waals surface area contributed by atoms with Gasteiger partial charge in [-0.15, -0.1) is 0 Å². The van der Waals surface area contributed by atoms with Crippen LogP contribution in [0.25, 0.3) is 0 Å². The van der Waals surface area contributed by atoms with Crippen LogP contribution < -0.4 is 5.32 Å².